The van der Waals surface area contributed by atoms with Gasteiger partial charge in [0, 0.05) is 29.3 Å². The fourth-order valence-electron chi connectivity index (χ4n) is 3.01. The van der Waals surface area contributed by atoms with E-state index < -0.39 is 0 Å². The number of benzene rings is 1. The molecule has 1 aliphatic carbocycles. The van der Waals surface area contributed by atoms with Crippen LogP contribution in [-0.4, -0.2) is 23.0 Å². The van der Waals surface area contributed by atoms with Gasteiger partial charge < -0.3 is 15.0 Å². The number of nitrogens with one attached hydrogen (secondary N) is 2. The Morgan fingerprint density at radius 3 is 2.71 bits per heavy atom. The number of carbonyl (C=O) groups is 1. The molecule has 0 spiro atoms. The third-order valence-corrected chi connectivity index (χ3v) is 4.81. The SMILES string of the molecule is CC1(C)[C@@H](OCc2ccccc2)C[C@H]1NC(=O)c1cc[nH]c(=O)c1. The highest BCUT2D eigenvalue weighted by atomic mass is 16.5. The van der Waals surface area contributed by atoms with Crippen molar-refractivity contribution >= 4 is 5.91 Å². The van der Waals surface area contributed by atoms with Crippen molar-refractivity contribution in [3.8, 4) is 0 Å². The van der Waals surface area contributed by atoms with Gasteiger partial charge in [0.05, 0.1) is 12.7 Å². The molecule has 126 valence electrons. The molecule has 0 saturated heterocycles. The summed E-state index contributed by atoms with van der Waals surface area (Å²) in [6.07, 6.45) is 2.35. The molecule has 2 N–H and O–H groups in total. The van der Waals surface area contributed by atoms with Gasteiger partial charge in [-0.15, -0.1) is 0 Å². The lowest BCUT2D eigenvalue weighted by molar-refractivity contribution is -0.122. The zero-order valence-corrected chi connectivity index (χ0v) is 13.9. The molecule has 0 unspecified atom stereocenters. The minimum absolute atomic E-state index is 0.0325. The van der Waals surface area contributed by atoms with Crippen LogP contribution in [0.25, 0.3) is 0 Å². The highest BCUT2D eigenvalue weighted by molar-refractivity contribution is 5.94. The summed E-state index contributed by atoms with van der Waals surface area (Å²) in [5.41, 5.74) is 1.10. The van der Waals surface area contributed by atoms with Crippen LogP contribution >= 0.6 is 0 Å². The summed E-state index contributed by atoms with van der Waals surface area (Å²) in [5.74, 6) is -0.222. The Balaban J connectivity index is 1.56. The maximum Gasteiger partial charge on any atom is 0.251 e. The van der Waals surface area contributed by atoms with Crippen LogP contribution in [0, 0.1) is 5.41 Å². The van der Waals surface area contributed by atoms with Crippen LogP contribution in [0.1, 0.15) is 36.2 Å². The lowest BCUT2D eigenvalue weighted by Crippen LogP contribution is -2.62. The third-order valence-electron chi connectivity index (χ3n) is 4.81. The van der Waals surface area contributed by atoms with E-state index in [0.29, 0.717) is 12.2 Å². The summed E-state index contributed by atoms with van der Waals surface area (Å²) in [5, 5.41) is 3.01. The van der Waals surface area contributed by atoms with E-state index in [-0.39, 0.29) is 29.0 Å². The first kappa shape index (κ1) is 16.5. The second kappa shape index (κ2) is 6.61. The summed E-state index contributed by atoms with van der Waals surface area (Å²) in [6, 6.07) is 13.0. The van der Waals surface area contributed by atoms with Gasteiger partial charge in [-0.3, -0.25) is 9.59 Å². The molecule has 5 nitrogen and oxygen atoms in total. The van der Waals surface area contributed by atoms with E-state index in [0.717, 1.165) is 12.0 Å². The maximum atomic E-state index is 12.3. The number of pyridine rings is 1. The number of ether oxygens (including phenoxy) is 1. The number of amides is 1. The van der Waals surface area contributed by atoms with Crippen LogP contribution in [0.3, 0.4) is 0 Å². The molecule has 2 aromatic rings. The van der Waals surface area contributed by atoms with Gasteiger partial charge in [0.2, 0.25) is 5.56 Å². The normalized spacial score (nSPS) is 21.8. The zero-order chi connectivity index (χ0) is 17.2. The summed E-state index contributed by atoms with van der Waals surface area (Å²) in [6.45, 7) is 4.76. The Labute approximate surface area is 141 Å². The fraction of sp³-hybridized carbons (Fsp3) is 0.368. The average molecular weight is 326 g/mol. The van der Waals surface area contributed by atoms with Crippen LogP contribution in [0.2, 0.25) is 0 Å². The molecular weight excluding hydrogens is 304 g/mol. The number of hydrogen-bond donors (Lipinski definition) is 2. The summed E-state index contributed by atoms with van der Waals surface area (Å²) in [4.78, 5) is 26.1. The first-order valence-electron chi connectivity index (χ1n) is 8.12. The van der Waals surface area contributed by atoms with Crippen molar-refractivity contribution < 1.29 is 9.53 Å². The van der Waals surface area contributed by atoms with E-state index in [1.165, 1.54) is 12.3 Å². The largest absolute Gasteiger partial charge is 0.373 e. The summed E-state index contributed by atoms with van der Waals surface area (Å²) < 4.78 is 6.01. The molecular formula is C19H22N2O3. The Hall–Kier alpha value is -2.40. The van der Waals surface area contributed by atoms with Crippen LogP contribution in [0.5, 0.6) is 0 Å². The van der Waals surface area contributed by atoms with Crippen molar-refractivity contribution in [2.45, 2.75) is 39.0 Å². The van der Waals surface area contributed by atoms with Crippen LogP contribution in [0.4, 0.5) is 0 Å². The van der Waals surface area contributed by atoms with Gasteiger partial charge in [-0.2, -0.15) is 0 Å². The Morgan fingerprint density at radius 2 is 2.04 bits per heavy atom. The number of rotatable bonds is 5. The molecule has 1 aromatic carbocycles. The molecule has 0 radical (unpaired) electrons. The second-order valence-electron chi connectivity index (χ2n) is 6.81. The highest BCUT2D eigenvalue weighted by Gasteiger charge is 2.49. The molecule has 1 amide bonds. The zero-order valence-electron chi connectivity index (χ0n) is 13.9. The fourth-order valence-corrected chi connectivity index (χ4v) is 3.01. The van der Waals surface area contributed by atoms with Crippen LogP contribution < -0.4 is 10.9 Å². The number of aromatic amines is 1. The van der Waals surface area contributed by atoms with Crippen LogP contribution in [0.15, 0.2) is 53.5 Å². The third kappa shape index (κ3) is 3.41. The van der Waals surface area contributed by atoms with Gasteiger partial charge in [-0.05, 0) is 18.1 Å². The van der Waals surface area contributed by atoms with E-state index >= 15 is 0 Å². The predicted molar refractivity (Wildman–Crippen MR) is 91.7 cm³/mol. The molecule has 0 bridgehead atoms. The van der Waals surface area contributed by atoms with E-state index in [1.54, 1.807) is 6.07 Å². The monoisotopic (exact) mass is 326 g/mol. The van der Waals surface area contributed by atoms with Crippen molar-refractivity contribution in [1.82, 2.24) is 10.3 Å². The van der Waals surface area contributed by atoms with E-state index in [4.69, 9.17) is 4.74 Å². The van der Waals surface area contributed by atoms with Gasteiger partial charge in [-0.25, -0.2) is 0 Å². The highest BCUT2D eigenvalue weighted by Crippen LogP contribution is 2.43. The van der Waals surface area contributed by atoms with Crippen molar-refractivity contribution in [3.05, 3.63) is 70.1 Å². The average Bonchev–Trinajstić information content (AvgIpc) is 2.58. The molecule has 2 atom stereocenters. The number of hydrogen-bond acceptors (Lipinski definition) is 3. The van der Waals surface area contributed by atoms with Gasteiger partial charge in [0.15, 0.2) is 0 Å². The summed E-state index contributed by atoms with van der Waals surface area (Å²) in [7, 11) is 0. The Kier molecular flexibility index (Phi) is 4.53. The minimum atomic E-state index is -0.278. The molecule has 1 heterocycles. The first-order valence-corrected chi connectivity index (χ1v) is 8.12. The summed E-state index contributed by atoms with van der Waals surface area (Å²) >= 11 is 0. The molecule has 5 heteroatoms. The van der Waals surface area contributed by atoms with Gasteiger partial charge >= 0.3 is 0 Å². The van der Waals surface area contributed by atoms with Crippen molar-refractivity contribution in [2.75, 3.05) is 0 Å². The number of H-pyrrole nitrogens is 1. The van der Waals surface area contributed by atoms with Crippen molar-refractivity contribution in [3.63, 3.8) is 0 Å². The van der Waals surface area contributed by atoms with Gasteiger partial charge in [0.1, 0.15) is 0 Å². The van der Waals surface area contributed by atoms with E-state index in [2.05, 4.69) is 24.1 Å². The molecule has 1 aromatic heterocycles. The lowest BCUT2D eigenvalue weighted by atomic mass is 9.64. The quantitative estimate of drug-likeness (QED) is 0.887. The lowest BCUT2D eigenvalue weighted by Gasteiger charge is -2.51. The Bertz CT molecular complexity index is 767. The molecule has 3 rings (SSSR count). The predicted octanol–water partition coefficient (Wildman–Crippen LogP) is 2.49. The molecule has 0 aliphatic heterocycles. The van der Waals surface area contributed by atoms with Gasteiger partial charge in [0.25, 0.3) is 5.91 Å². The number of carbonyl (C=O) groups excluding carboxylic acids is 1. The van der Waals surface area contributed by atoms with E-state index in [9.17, 15) is 9.59 Å². The second-order valence-corrected chi connectivity index (χ2v) is 6.81. The van der Waals surface area contributed by atoms with Crippen LogP contribution in [-0.2, 0) is 11.3 Å². The van der Waals surface area contributed by atoms with Crippen molar-refractivity contribution in [2.24, 2.45) is 5.41 Å². The number of aromatic nitrogens is 1. The Morgan fingerprint density at radius 1 is 1.29 bits per heavy atom. The van der Waals surface area contributed by atoms with Crippen molar-refractivity contribution in [1.29, 1.82) is 0 Å². The van der Waals surface area contributed by atoms with E-state index in [1.807, 2.05) is 30.3 Å². The molecule has 24 heavy (non-hydrogen) atoms. The smallest absolute Gasteiger partial charge is 0.251 e. The molecule has 1 aliphatic rings. The molecule has 1 saturated carbocycles. The van der Waals surface area contributed by atoms with Gasteiger partial charge in [-0.1, -0.05) is 44.2 Å². The maximum absolute atomic E-state index is 12.3. The topological polar surface area (TPSA) is 71.2 Å². The minimum Gasteiger partial charge on any atom is -0.373 e. The molecule has 1 fully saturated rings. The first-order chi connectivity index (χ1) is 11.5. The standard InChI is InChI=1S/C19H22N2O3/c1-19(2)15(21-18(23)14-8-9-20-17(22)10-14)11-16(19)24-12-13-6-4-3-5-7-13/h3-10,15-16H,11-12H2,1-2H3,(H,20,22)(H,21,23)/t15-,16+/m1/s1.